The summed E-state index contributed by atoms with van der Waals surface area (Å²) in [4.78, 5) is 32.7. The normalized spacial score (nSPS) is 22.8. The Morgan fingerprint density at radius 1 is 1.00 bits per heavy atom. The molecule has 0 bridgehead atoms. The molecule has 0 saturated carbocycles. The first-order chi connectivity index (χ1) is 15.1. The Bertz CT molecular complexity index is 1270. The lowest BCUT2D eigenvalue weighted by Gasteiger charge is -2.30. The van der Waals surface area contributed by atoms with Crippen molar-refractivity contribution in [3.8, 4) is 0 Å². The molecule has 2 amide bonds. The highest BCUT2D eigenvalue weighted by atomic mass is 35.5. The molecule has 0 radical (unpaired) electrons. The molecule has 4 nitrogen and oxygen atoms in total. The second kappa shape index (κ2) is 7.83. The monoisotopic (exact) mass is 500 g/mol. The molecule has 3 heterocycles. The Balaban J connectivity index is 1.61. The summed E-state index contributed by atoms with van der Waals surface area (Å²) in [5, 5.41) is 0.953. The van der Waals surface area contributed by atoms with Crippen LogP contribution in [-0.2, 0) is 15.0 Å². The van der Waals surface area contributed by atoms with Crippen LogP contribution in [0, 0.1) is 9.87 Å². The summed E-state index contributed by atoms with van der Waals surface area (Å²) in [5.41, 5.74) is 2.84. The predicted octanol–water partition coefficient (Wildman–Crippen LogP) is 6.55. The maximum atomic E-state index is 13.7. The van der Waals surface area contributed by atoms with E-state index in [0.29, 0.717) is 14.7 Å². The number of H-pyrrole nitrogens is 1. The van der Waals surface area contributed by atoms with Gasteiger partial charge in [-0.1, -0.05) is 68.4 Å². The highest BCUT2D eigenvalue weighted by Crippen LogP contribution is 2.54. The van der Waals surface area contributed by atoms with Gasteiger partial charge >= 0.3 is 0 Å². The molecule has 1 fully saturated rings. The van der Waals surface area contributed by atoms with Crippen LogP contribution in [0.1, 0.15) is 42.7 Å². The van der Waals surface area contributed by atoms with Crippen molar-refractivity contribution in [2.45, 2.75) is 42.4 Å². The summed E-state index contributed by atoms with van der Waals surface area (Å²) in [6, 6.07) is 15.3. The number of halogens is 1. The SMILES string of the molecule is CC(C)(C)c1ccc(C2c3sc(=S)[nH]c3SC3C(=O)N(c4ccc(Cl)cc4)C(=O)C32)cc1. The lowest BCUT2D eigenvalue weighted by Crippen LogP contribution is -2.32. The van der Waals surface area contributed by atoms with Gasteiger partial charge in [-0.2, -0.15) is 0 Å². The molecule has 8 heteroatoms. The number of thiazole rings is 1. The Kier molecular flexibility index (Phi) is 5.36. The largest absolute Gasteiger partial charge is 0.332 e. The molecule has 1 aromatic heterocycles. The van der Waals surface area contributed by atoms with Gasteiger partial charge in [-0.25, -0.2) is 4.90 Å². The minimum atomic E-state index is -0.502. The minimum Gasteiger partial charge on any atom is -0.332 e. The van der Waals surface area contributed by atoms with Gasteiger partial charge in [-0.3, -0.25) is 9.59 Å². The zero-order chi connectivity index (χ0) is 22.8. The van der Waals surface area contributed by atoms with Gasteiger partial charge in [0.2, 0.25) is 11.8 Å². The van der Waals surface area contributed by atoms with Gasteiger partial charge < -0.3 is 4.98 Å². The van der Waals surface area contributed by atoms with Crippen molar-refractivity contribution in [2.24, 2.45) is 5.92 Å². The molecule has 0 spiro atoms. The fourth-order valence-corrected chi connectivity index (χ4v) is 7.50. The molecule has 0 aliphatic carbocycles. The number of hydrogen-bond acceptors (Lipinski definition) is 5. The number of thioether (sulfide) groups is 1. The second-order valence-electron chi connectivity index (χ2n) is 9.11. The molecule has 1 saturated heterocycles. The molecule has 3 aromatic rings. The van der Waals surface area contributed by atoms with Crippen LogP contribution in [0.15, 0.2) is 53.6 Å². The minimum absolute atomic E-state index is 0.0314. The topological polar surface area (TPSA) is 53.2 Å². The number of fused-ring (bicyclic) bond motifs is 2. The number of anilines is 1. The van der Waals surface area contributed by atoms with Crippen molar-refractivity contribution in [2.75, 3.05) is 4.90 Å². The molecule has 3 unspecified atom stereocenters. The predicted molar refractivity (Wildman–Crippen MR) is 134 cm³/mol. The molecule has 3 atom stereocenters. The Morgan fingerprint density at radius 3 is 2.28 bits per heavy atom. The van der Waals surface area contributed by atoms with E-state index in [1.807, 2.05) is 0 Å². The highest BCUT2D eigenvalue weighted by Gasteiger charge is 2.56. The number of aromatic nitrogens is 1. The number of carbonyl (C=O) groups is 2. The van der Waals surface area contributed by atoms with Gasteiger partial charge in [0.1, 0.15) is 5.25 Å². The fourth-order valence-electron chi connectivity index (χ4n) is 4.41. The van der Waals surface area contributed by atoms with E-state index in [-0.39, 0.29) is 23.1 Å². The summed E-state index contributed by atoms with van der Waals surface area (Å²) in [6.45, 7) is 6.52. The van der Waals surface area contributed by atoms with Crippen LogP contribution in [0.25, 0.3) is 0 Å². The first kappa shape index (κ1) is 21.9. The molecule has 2 aliphatic heterocycles. The summed E-state index contributed by atoms with van der Waals surface area (Å²) in [7, 11) is 0. The lowest BCUT2D eigenvalue weighted by molar-refractivity contribution is -0.122. The van der Waals surface area contributed by atoms with Crippen LogP contribution in [0.5, 0.6) is 0 Å². The zero-order valence-electron chi connectivity index (χ0n) is 17.7. The van der Waals surface area contributed by atoms with E-state index in [9.17, 15) is 9.59 Å². The third-order valence-corrected chi connectivity index (χ3v) is 9.05. The number of amides is 2. The van der Waals surface area contributed by atoms with Gasteiger partial charge in [-0.05, 0) is 53.0 Å². The number of hydrogen-bond donors (Lipinski definition) is 1. The first-order valence-corrected chi connectivity index (χ1v) is 12.8. The van der Waals surface area contributed by atoms with Gasteiger partial charge in [0.25, 0.3) is 0 Å². The number of benzene rings is 2. The van der Waals surface area contributed by atoms with E-state index in [1.54, 1.807) is 24.3 Å². The standard InChI is InChI=1S/C24H21ClN2O2S3/c1-24(2,3)13-6-4-12(5-7-13)16-17-19(31-20-18(16)32-23(30)26-20)22(29)27(21(17)28)15-10-8-14(25)9-11-15/h4-11,16-17,19H,1-3H3,(H,26,30). The summed E-state index contributed by atoms with van der Waals surface area (Å²) < 4.78 is 0.660. The van der Waals surface area contributed by atoms with E-state index in [2.05, 4.69) is 50.0 Å². The Labute approximate surface area is 205 Å². The van der Waals surface area contributed by atoms with Crippen molar-refractivity contribution in [1.82, 2.24) is 4.98 Å². The molecular formula is C24H21ClN2O2S3. The fraction of sp³-hybridized carbons (Fsp3) is 0.292. The van der Waals surface area contributed by atoms with Crippen LogP contribution in [0.2, 0.25) is 5.02 Å². The quantitative estimate of drug-likeness (QED) is 0.320. The molecule has 2 aromatic carbocycles. The van der Waals surface area contributed by atoms with Crippen LogP contribution in [-0.4, -0.2) is 22.0 Å². The van der Waals surface area contributed by atoms with Crippen LogP contribution in [0.4, 0.5) is 5.69 Å². The number of aromatic amines is 1. The molecule has 5 rings (SSSR count). The maximum Gasteiger partial charge on any atom is 0.248 e. The third-order valence-electron chi connectivity index (χ3n) is 6.04. The van der Waals surface area contributed by atoms with E-state index in [4.69, 9.17) is 23.8 Å². The van der Waals surface area contributed by atoms with E-state index in [1.165, 1.54) is 33.6 Å². The first-order valence-electron chi connectivity index (χ1n) is 10.3. The summed E-state index contributed by atoms with van der Waals surface area (Å²) in [6.07, 6.45) is 0. The Hall–Kier alpha value is -1.93. The number of nitrogens with one attached hydrogen (secondary N) is 1. The van der Waals surface area contributed by atoms with E-state index < -0.39 is 11.2 Å². The van der Waals surface area contributed by atoms with Crippen molar-refractivity contribution in [3.05, 3.63) is 73.5 Å². The molecule has 1 N–H and O–H groups in total. The van der Waals surface area contributed by atoms with E-state index in [0.717, 1.165) is 15.5 Å². The Morgan fingerprint density at radius 2 is 1.66 bits per heavy atom. The van der Waals surface area contributed by atoms with Gasteiger partial charge in [-0.15, -0.1) is 11.3 Å². The van der Waals surface area contributed by atoms with Crippen molar-refractivity contribution >= 4 is 64.4 Å². The van der Waals surface area contributed by atoms with Gasteiger partial charge in [0.15, 0.2) is 3.95 Å². The van der Waals surface area contributed by atoms with Crippen LogP contribution < -0.4 is 4.90 Å². The lowest BCUT2D eigenvalue weighted by atomic mass is 9.81. The highest BCUT2D eigenvalue weighted by molar-refractivity contribution is 8.01. The molecule has 32 heavy (non-hydrogen) atoms. The van der Waals surface area contributed by atoms with Gasteiger partial charge in [0, 0.05) is 15.8 Å². The van der Waals surface area contributed by atoms with Crippen LogP contribution in [0.3, 0.4) is 0 Å². The summed E-state index contributed by atoms with van der Waals surface area (Å²) >= 11 is 14.3. The maximum absolute atomic E-state index is 13.7. The number of rotatable bonds is 2. The molecular weight excluding hydrogens is 480 g/mol. The molecule has 2 aliphatic rings. The average Bonchev–Trinajstić information content (AvgIpc) is 3.23. The van der Waals surface area contributed by atoms with Gasteiger partial charge in [0.05, 0.1) is 16.6 Å². The third kappa shape index (κ3) is 3.55. The van der Waals surface area contributed by atoms with E-state index >= 15 is 0 Å². The summed E-state index contributed by atoms with van der Waals surface area (Å²) in [5.74, 6) is -1.08. The van der Waals surface area contributed by atoms with Crippen molar-refractivity contribution in [3.63, 3.8) is 0 Å². The number of carbonyl (C=O) groups excluding carboxylic acids is 2. The number of nitrogens with zero attached hydrogens (tertiary/aromatic N) is 1. The van der Waals surface area contributed by atoms with Crippen LogP contribution >= 0.6 is 46.9 Å². The zero-order valence-corrected chi connectivity index (χ0v) is 20.9. The second-order valence-corrected chi connectivity index (χ2v) is 12.4. The number of imide groups is 1. The molecule has 164 valence electrons. The smallest absolute Gasteiger partial charge is 0.248 e. The van der Waals surface area contributed by atoms with Crippen molar-refractivity contribution < 1.29 is 9.59 Å². The van der Waals surface area contributed by atoms with Crippen molar-refractivity contribution in [1.29, 1.82) is 0 Å². The average molecular weight is 501 g/mol.